The second kappa shape index (κ2) is 8.08. The molecular weight excluding hydrogens is 312 g/mol. The summed E-state index contributed by atoms with van der Waals surface area (Å²) in [5.74, 6) is 0.499. The highest BCUT2D eigenvalue weighted by molar-refractivity contribution is 7.09. The van der Waals surface area contributed by atoms with E-state index in [2.05, 4.69) is 10.3 Å². The van der Waals surface area contributed by atoms with E-state index in [1.54, 1.807) is 35.6 Å². The molecule has 23 heavy (non-hydrogen) atoms. The van der Waals surface area contributed by atoms with E-state index in [1.165, 1.54) is 0 Å². The summed E-state index contributed by atoms with van der Waals surface area (Å²) in [6.45, 7) is 6.38. The van der Waals surface area contributed by atoms with E-state index in [0.717, 1.165) is 10.7 Å². The number of aliphatic hydroxyl groups is 1. The number of hydrogen-bond donors (Lipinski definition) is 2. The van der Waals surface area contributed by atoms with Gasteiger partial charge in [-0.3, -0.25) is 4.79 Å². The van der Waals surface area contributed by atoms with Gasteiger partial charge in [0.15, 0.2) is 0 Å². The Kier molecular flexibility index (Phi) is 6.12. The minimum Gasteiger partial charge on any atom is -0.487 e. The minimum atomic E-state index is -0.550. The van der Waals surface area contributed by atoms with Crippen molar-refractivity contribution in [2.45, 2.75) is 33.5 Å². The zero-order valence-corrected chi connectivity index (χ0v) is 14.4. The molecule has 5 nitrogen and oxygen atoms in total. The third-order valence-corrected chi connectivity index (χ3v) is 4.21. The first kappa shape index (κ1) is 17.4. The van der Waals surface area contributed by atoms with Gasteiger partial charge in [0.25, 0.3) is 5.91 Å². The van der Waals surface area contributed by atoms with Crippen molar-refractivity contribution in [3.63, 3.8) is 0 Å². The molecule has 6 heteroatoms. The highest BCUT2D eigenvalue weighted by atomic mass is 32.1. The summed E-state index contributed by atoms with van der Waals surface area (Å²) in [5, 5.41) is 15.4. The number of carbonyl (C=O) groups is 1. The number of aryl methyl sites for hydroxylation is 1. The number of ether oxygens (including phenoxy) is 1. The van der Waals surface area contributed by atoms with Gasteiger partial charge in [-0.25, -0.2) is 4.98 Å². The highest BCUT2D eigenvalue weighted by Crippen LogP contribution is 2.16. The Morgan fingerprint density at radius 2 is 2.22 bits per heavy atom. The fraction of sp³-hybridized carbons (Fsp3) is 0.412. The molecule has 0 spiro atoms. The van der Waals surface area contributed by atoms with Crippen LogP contribution >= 0.6 is 11.3 Å². The van der Waals surface area contributed by atoms with Gasteiger partial charge in [0.1, 0.15) is 12.4 Å². The summed E-state index contributed by atoms with van der Waals surface area (Å²) < 4.78 is 5.67. The van der Waals surface area contributed by atoms with Crippen molar-refractivity contribution in [3.8, 4) is 5.75 Å². The van der Waals surface area contributed by atoms with Crippen LogP contribution in [-0.4, -0.2) is 28.6 Å². The molecule has 0 fully saturated rings. The summed E-state index contributed by atoms with van der Waals surface area (Å²) in [5.41, 5.74) is 1.38. The first-order chi connectivity index (χ1) is 11.0. The largest absolute Gasteiger partial charge is 0.487 e. The van der Waals surface area contributed by atoms with Gasteiger partial charge in [0, 0.05) is 17.5 Å². The van der Waals surface area contributed by atoms with Crippen LogP contribution < -0.4 is 10.1 Å². The van der Waals surface area contributed by atoms with E-state index in [4.69, 9.17) is 4.74 Å². The molecule has 124 valence electrons. The van der Waals surface area contributed by atoms with E-state index >= 15 is 0 Å². The van der Waals surface area contributed by atoms with Crippen LogP contribution in [0, 0.1) is 12.8 Å². The summed E-state index contributed by atoms with van der Waals surface area (Å²) >= 11 is 1.58. The Morgan fingerprint density at radius 3 is 2.87 bits per heavy atom. The molecule has 0 bridgehead atoms. The number of hydrogen-bond acceptors (Lipinski definition) is 5. The molecule has 0 radical (unpaired) electrons. The number of carbonyl (C=O) groups excluding carboxylic acids is 1. The Balaban J connectivity index is 1.92. The molecule has 1 heterocycles. The van der Waals surface area contributed by atoms with Gasteiger partial charge in [-0.1, -0.05) is 19.9 Å². The van der Waals surface area contributed by atoms with Crippen LogP contribution in [0.2, 0.25) is 0 Å². The van der Waals surface area contributed by atoms with Crippen molar-refractivity contribution in [1.29, 1.82) is 0 Å². The molecule has 1 unspecified atom stereocenters. The van der Waals surface area contributed by atoms with Crippen molar-refractivity contribution in [2.75, 3.05) is 6.54 Å². The first-order valence-corrected chi connectivity index (χ1v) is 8.44. The molecule has 0 saturated carbocycles. The molecule has 0 aliphatic heterocycles. The Hall–Kier alpha value is -1.92. The summed E-state index contributed by atoms with van der Waals surface area (Å²) in [7, 11) is 0. The SMILES string of the molecule is Cc1nc(COc2cccc(C(=O)NCC(O)C(C)C)c2)cs1. The molecular formula is C17H22N2O3S. The standard InChI is InChI=1S/C17H22N2O3S/c1-11(2)16(20)8-18-17(21)13-5-4-6-15(7-13)22-9-14-10-23-12(3)19-14/h4-7,10-11,16,20H,8-9H2,1-3H3,(H,18,21). The Morgan fingerprint density at radius 1 is 1.43 bits per heavy atom. The van der Waals surface area contributed by atoms with Gasteiger partial charge in [-0.05, 0) is 31.0 Å². The molecule has 2 rings (SSSR count). The highest BCUT2D eigenvalue weighted by Gasteiger charge is 2.12. The third-order valence-electron chi connectivity index (χ3n) is 3.39. The smallest absolute Gasteiger partial charge is 0.251 e. The Bertz CT molecular complexity index is 655. The number of amides is 1. The van der Waals surface area contributed by atoms with Crippen molar-refractivity contribution in [1.82, 2.24) is 10.3 Å². The zero-order chi connectivity index (χ0) is 16.8. The summed E-state index contributed by atoms with van der Waals surface area (Å²) in [4.78, 5) is 16.4. The molecule has 2 N–H and O–H groups in total. The van der Waals surface area contributed by atoms with E-state index in [1.807, 2.05) is 26.2 Å². The number of aromatic nitrogens is 1. The van der Waals surface area contributed by atoms with Crippen molar-refractivity contribution in [3.05, 3.63) is 45.9 Å². The van der Waals surface area contributed by atoms with Crippen LogP contribution in [0.1, 0.15) is 34.9 Å². The predicted molar refractivity (Wildman–Crippen MR) is 90.8 cm³/mol. The lowest BCUT2D eigenvalue weighted by atomic mass is 10.1. The van der Waals surface area contributed by atoms with Gasteiger partial charge in [-0.15, -0.1) is 11.3 Å². The van der Waals surface area contributed by atoms with Crippen molar-refractivity contribution in [2.24, 2.45) is 5.92 Å². The maximum absolute atomic E-state index is 12.1. The van der Waals surface area contributed by atoms with Crippen LogP contribution in [0.25, 0.3) is 0 Å². The van der Waals surface area contributed by atoms with E-state index in [9.17, 15) is 9.90 Å². The Labute approximate surface area is 140 Å². The average molecular weight is 334 g/mol. The maximum Gasteiger partial charge on any atom is 0.251 e. The molecule has 1 amide bonds. The number of nitrogens with one attached hydrogen (secondary N) is 1. The van der Waals surface area contributed by atoms with Gasteiger partial charge >= 0.3 is 0 Å². The third kappa shape index (κ3) is 5.33. The lowest BCUT2D eigenvalue weighted by Crippen LogP contribution is -2.34. The molecule has 0 aliphatic carbocycles. The molecule has 0 saturated heterocycles. The number of aliphatic hydroxyl groups excluding tert-OH is 1. The van der Waals surface area contributed by atoms with Crippen LogP contribution in [-0.2, 0) is 6.61 Å². The van der Waals surface area contributed by atoms with Crippen molar-refractivity contribution >= 4 is 17.2 Å². The molecule has 1 aromatic carbocycles. The van der Waals surface area contributed by atoms with Crippen molar-refractivity contribution < 1.29 is 14.6 Å². The number of benzene rings is 1. The fourth-order valence-corrected chi connectivity index (χ4v) is 2.49. The van der Waals surface area contributed by atoms with E-state index in [-0.39, 0.29) is 18.4 Å². The lowest BCUT2D eigenvalue weighted by Gasteiger charge is -2.15. The van der Waals surface area contributed by atoms with Crippen LogP contribution in [0.5, 0.6) is 5.75 Å². The van der Waals surface area contributed by atoms with Crippen LogP contribution in [0.4, 0.5) is 0 Å². The second-order valence-electron chi connectivity index (χ2n) is 5.70. The number of thiazole rings is 1. The molecule has 1 atom stereocenters. The molecule has 1 aromatic heterocycles. The zero-order valence-electron chi connectivity index (χ0n) is 13.6. The van der Waals surface area contributed by atoms with Gasteiger partial charge in [-0.2, -0.15) is 0 Å². The lowest BCUT2D eigenvalue weighted by molar-refractivity contribution is 0.0871. The number of nitrogens with zero attached hydrogens (tertiary/aromatic N) is 1. The maximum atomic E-state index is 12.1. The minimum absolute atomic E-state index is 0.103. The van der Waals surface area contributed by atoms with Gasteiger partial charge in [0.05, 0.1) is 16.8 Å². The summed E-state index contributed by atoms with van der Waals surface area (Å²) in [6.07, 6.45) is -0.550. The van der Waals surface area contributed by atoms with E-state index < -0.39 is 6.10 Å². The fourth-order valence-electron chi connectivity index (χ4n) is 1.89. The predicted octanol–water partition coefficient (Wildman–Crippen LogP) is 2.78. The van der Waals surface area contributed by atoms with E-state index in [0.29, 0.717) is 17.9 Å². The van der Waals surface area contributed by atoms with Gasteiger partial charge in [0.2, 0.25) is 0 Å². The number of rotatable bonds is 7. The second-order valence-corrected chi connectivity index (χ2v) is 6.76. The van der Waals surface area contributed by atoms with Crippen LogP contribution in [0.15, 0.2) is 29.6 Å². The normalized spacial score (nSPS) is 12.2. The quantitative estimate of drug-likeness (QED) is 0.817. The average Bonchev–Trinajstić information content (AvgIpc) is 2.96. The molecule has 2 aromatic rings. The molecule has 0 aliphatic rings. The van der Waals surface area contributed by atoms with Crippen LogP contribution in [0.3, 0.4) is 0 Å². The van der Waals surface area contributed by atoms with Gasteiger partial charge < -0.3 is 15.2 Å². The first-order valence-electron chi connectivity index (χ1n) is 7.56. The summed E-state index contributed by atoms with van der Waals surface area (Å²) in [6, 6.07) is 6.99. The monoisotopic (exact) mass is 334 g/mol. The topological polar surface area (TPSA) is 71.5 Å².